The number of aliphatic hydroxyl groups excluding tert-OH is 3. The van der Waals surface area contributed by atoms with Gasteiger partial charge < -0.3 is 76.9 Å². The van der Waals surface area contributed by atoms with Crippen LogP contribution in [0.2, 0.25) is 0 Å². The summed E-state index contributed by atoms with van der Waals surface area (Å²) in [5, 5.41) is 37.9. The molecule has 3 heterocycles. The van der Waals surface area contributed by atoms with E-state index in [1.54, 1.807) is 0 Å². The van der Waals surface area contributed by atoms with Gasteiger partial charge in [-0.05, 0) is 44.5 Å². The zero-order chi connectivity index (χ0) is 61.5. The fourth-order valence-electron chi connectivity index (χ4n) is 11.3. The Morgan fingerprint density at radius 1 is 0.244 bits per heavy atom. The van der Waals surface area contributed by atoms with Crippen molar-refractivity contribution >= 4 is 0 Å². The second-order valence-electron chi connectivity index (χ2n) is 22.6. The van der Waals surface area contributed by atoms with Gasteiger partial charge in [0.15, 0.2) is 18.9 Å². The first-order valence-electron chi connectivity index (χ1n) is 30.8. The SMILES string of the molecule is OC1OC(COC2OC(COCc3ccccc3)C(OCc3ccccc3)C(OCc3ccccc3)C2O)C(OCc2ccccc2)C(OC2OC(COCc3ccccc3)C(OCc3ccccc3)C(OCc3ccccc3)C2O)C1OCc1ccccc1. The molecule has 0 aliphatic carbocycles. The van der Waals surface area contributed by atoms with E-state index in [2.05, 4.69) is 0 Å². The molecular formula is C74H80O16. The Hall–Kier alpha value is -6.88. The van der Waals surface area contributed by atoms with Crippen molar-refractivity contribution in [2.45, 2.75) is 145 Å². The van der Waals surface area contributed by atoms with E-state index in [4.69, 9.17) is 61.6 Å². The van der Waals surface area contributed by atoms with Gasteiger partial charge in [0.25, 0.3) is 0 Å². The summed E-state index contributed by atoms with van der Waals surface area (Å²) < 4.78 is 87.5. The third-order valence-corrected chi connectivity index (χ3v) is 16.1. The Labute approximate surface area is 526 Å². The van der Waals surface area contributed by atoms with Crippen molar-refractivity contribution in [3.63, 3.8) is 0 Å². The van der Waals surface area contributed by atoms with Crippen LogP contribution in [-0.2, 0) is 114 Å². The lowest BCUT2D eigenvalue weighted by Gasteiger charge is -2.49. The Balaban J connectivity index is 0.913. The van der Waals surface area contributed by atoms with Crippen LogP contribution in [0.25, 0.3) is 0 Å². The second kappa shape index (κ2) is 34.0. The van der Waals surface area contributed by atoms with Gasteiger partial charge in [0, 0.05) is 0 Å². The summed E-state index contributed by atoms with van der Waals surface area (Å²) in [4.78, 5) is 0. The van der Waals surface area contributed by atoms with Gasteiger partial charge in [-0.3, -0.25) is 0 Å². The first-order valence-corrected chi connectivity index (χ1v) is 30.8. The molecule has 3 N–H and O–H groups in total. The van der Waals surface area contributed by atoms with Crippen LogP contribution in [0.15, 0.2) is 243 Å². The van der Waals surface area contributed by atoms with Crippen LogP contribution in [0.4, 0.5) is 0 Å². The van der Waals surface area contributed by atoms with E-state index in [9.17, 15) is 15.3 Å². The van der Waals surface area contributed by atoms with Crippen LogP contribution < -0.4 is 0 Å². The second-order valence-corrected chi connectivity index (χ2v) is 22.6. The van der Waals surface area contributed by atoms with Gasteiger partial charge in [0.05, 0.1) is 72.7 Å². The Morgan fingerprint density at radius 2 is 0.500 bits per heavy atom. The zero-order valence-corrected chi connectivity index (χ0v) is 50.2. The summed E-state index contributed by atoms with van der Waals surface area (Å²) in [6.07, 6.45) is -17.7. The van der Waals surface area contributed by atoms with Crippen molar-refractivity contribution in [3.8, 4) is 0 Å². The molecule has 472 valence electrons. The van der Waals surface area contributed by atoms with Gasteiger partial charge in [-0.2, -0.15) is 0 Å². The monoisotopic (exact) mass is 1220 g/mol. The lowest BCUT2D eigenvalue weighted by Crippen LogP contribution is -2.66. The molecule has 15 unspecified atom stereocenters. The van der Waals surface area contributed by atoms with Crippen molar-refractivity contribution in [1.82, 2.24) is 0 Å². The number of ether oxygens (including phenoxy) is 13. The number of rotatable bonds is 31. The maximum absolute atomic E-state index is 12.9. The van der Waals surface area contributed by atoms with Gasteiger partial charge in [-0.1, -0.05) is 243 Å². The molecule has 3 fully saturated rings. The third kappa shape index (κ3) is 18.4. The lowest BCUT2D eigenvalue weighted by molar-refractivity contribution is -0.376. The summed E-state index contributed by atoms with van der Waals surface area (Å²) in [5.74, 6) is 0. The largest absolute Gasteiger partial charge is 0.385 e. The maximum atomic E-state index is 12.9. The van der Waals surface area contributed by atoms with Crippen LogP contribution in [0, 0.1) is 0 Å². The highest BCUT2D eigenvalue weighted by atomic mass is 16.8. The number of aliphatic hydroxyl groups is 3. The van der Waals surface area contributed by atoms with Crippen molar-refractivity contribution in [2.24, 2.45) is 0 Å². The minimum absolute atomic E-state index is 0.0110. The molecule has 0 bridgehead atoms. The molecule has 16 nitrogen and oxygen atoms in total. The normalized spacial score (nSPS) is 26.9. The first-order chi connectivity index (χ1) is 44.4. The Morgan fingerprint density at radius 3 is 0.833 bits per heavy atom. The van der Waals surface area contributed by atoms with Gasteiger partial charge >= 0.3 is 0 Å². The molecule has 16 heteroatoms. The van der Waals surface area contributed by atoms with Crippen LogP contribution in [0.1, 0.15) is 44.5 Å². The summed E-state index contributed by atoms with van der Waals surface area (Å²) in [7, 11) is 0. The van der Waals surface area contributed by atoms with Crippen molar-refractivity contribution in [3.05, 3.63) is 287 Å². The number of hydrogen-bond donors (Lipinski definition) is 3. The smallest absolute Gasteiger partial charge is 0.187 e. The molecular weight excluding hydrogens is 1140 g/mol. The van der Waals surface area contributed by atoms with Gasteiger partial charge in [-0.15, -0.1) is 0 Å². The highest BCUT2D eigenvalue weighted by Gasteiger charge is 2.55. The van der Waals surface area contributed by atoms with Crippen LogP contribution in [0.3, 0.4) is 0 Å². The molecule has 3 saturated heterocycles. The maximum Gasteiger partial charge on any atom is 0.187 e. The van der Waals surface area contributed by atoms with Crippen molar-refractivity contribution in [1.29, 1.82) is 0 Å². The minimum atomic E-state index is -1.67. The van der Waals surface area contributed by atoms with E-state index in [-0.39, 0.29) is 72.7 Å². The molecule has 8 aromatic carbocycles. The van der Waals surface area contributed by atoms with Gasteiger partial charge in [0.1, 0.15) is 73.2 Å². The standard InChI is InChI=1S/C74H80O16/c75-63-68(83-46-57-35-19-6-20-36-57)65(80-43-54-29-13-3-14-30-54)60(49-78-41-52-25-9-1-10-26-52)88-73(63)86-51-62-67(82-45-56-33-17-5-18-34-56)70(71(72(77)87-62)85-48-59-39-23-8-24-40-59)90-74-64(76)69(84-47-58-37-21-7-22-38-58)66(81-44-55-31-15-4-16-32-55)61(89-74)50-79-42-53-27-11-2-12-28-53/h1-40,60-77H,41-51H2. The van der Waals surface area contributed by atoms with Gasteiger partial charge in [-0.25, -0.2) is 0 Å². The predicted octanol–water partition coefficient (Wildman–Crippen LogP) is 10.2. The minimum Gasteiger partial charge on any atom is -0.385 e. The van der Waals surface area contributed by atoms with E-state index in [0.717, 1.165) is 44.5 Å². The molecule has 3 aliphatic rings. The molecule has 0 aromatic heterocycles. The van der Waals surface area contributed by atoms with Crippen LogP contribution in [-0.4, -0.2) is 127 Å². The predicted molar refractivity (Wildman–Crippen MR) is 333 cm³/mol. The molecule has 8 aromatic rings. The quantitative estimate of drug-likeness (QED) is 0.0373. The van der Waals surface area contributed by atoms with Gasteiger partial charge in [0.2, 0.25) is 0 Å². The van der Waals surface area contributed by atoms with E-state index >= 15 is 0 Å². The Kier molecular flexibility index (Phi) is 24.4. The third-order valence-electron chi connectivity index (χ3n) is 16.1. The summed E-state index contributed by atoms with van der Waals surface area (Å²) in [6, 6.07) is 77.6. The fourth-order valence-corrected chi connectivity index (χ4v) is 11.3. The van der Waals surface area contributed by atoms with E-state index in [0.29, 0.717) is 0 Å². The highest BCUT2D eigenvalue weighted by Crippen LogP contribution is 2.37. The lowest BCUT2D eigenvalue weighted by atomic mass is 9.95. The van der Waals surface area contributed by atoms with E-state index < -0.39 is 92.1 Å². The van der Waals surface area contributed by atoms with Crippen molar-refractivity contribution in [2.75, 3.05) is 19.8 Å². The summed E-state index contributed by atoms with van der Waals surface area (Å²) in [6.45, 7) is 0.975. The molecule has 0 saturated carbocycles. The molecule has 0 radical (unpaired) electrons. The zero-order valence-electron chi connectivity index (χ0n) is 50.2. The molecule has 11 rings (SSSR count). The van der Waals surface area contributed by atoms with Crippen LogP contribution in [0.5, 0.6) is 0 Å². The molecule has 90 heavy (non-hydrogen) atoms. The topological polar surface area (TPSA) is 181 Å². The van der Waals surface area contributed by atoms with E-state index in [1.165, 1.54) is 0 Å². The number of hydrogen-bond acceptors (Lipinski definition) is 16. The first kappa shape index (κ1) is 64.6. The average molecular weight is 1230 g/mol. The molecule has 3 aliphatic heterocycles. The average Bonchev–Trinajstić information content (AvgIpc) is 1.04. The van der Waals surface area contributed by atoms with E-state index in [1.807, 2.05) is 243 Å². The summed E-state index contributed by atoms with van der Waals surface area (Å²) in [5.41, 5.74) is 7.12. The highest BCUT2D eigenvalue weighted by molar-refractivity contribution is 5.20. The Bertz CT molecular complexity index is 3240. The fraction of sp³-hybridized carbons (Fsp3) is 0.351. The molecule has 15 atom stereocenters. The summed E-state index contributed by atoms with van der Waals surface area (Å²) >= 11 is 0. The van der Waals surface area contributed by atoms with Crippen LogP contribution >= 0.6 is 0 Å². The number of benzene rings is 8. The molecule has 0 spiro atoms. The molecule has 0 amide bonds. The van der Waals surface area contributed by atoms with Crippen molar-refractivity contribution < 1.29 is 76.9 Å².